The van der Waals surface area contributed by atoms with Crippen LogP contribution >= 0.6 is 0 Å². The number of aryl methyl sites for hydroxylation is 1. The molecule has 3 rings (SSSR count). The molecule has 0 saturated carbocycles. The van der Waals surface area contributed by atoms with E-state index in [9.17, 15) is 5.11 Å². The lowest BCUT2D eigenvalue weighted by Gasteiger charge is -2.27. The molecule has 6 nitrogen and oxygen atoms in total. The Kier molecular flexibility index (Phi) is 3.84. The molecule has 108 valence electrons. The second-order valence-electron chi connectivity index (χ2n) is 5.38. The predicted octanol–water partition coefficient (Wildman–Crippen LogP) is 0.588. The molecule has 1 atom stereocenters. The third-order valence-corrected chi connectivity index (χ3v) is 3.80. The molecular weight excluding hydrogens is 254 g/mol. The topological polar surface area (TPSA) is 65.7 Å². The number of fused-ring (bicyclic) bond motifs is 1. The summed E-state index contributed by atoms with van der Waals surface area (Å²) in [5.74, 6) is 1.00. The molecule has 1 unspecified atom stereocenters. The monoisotopic (exact) mass is 275 g/mol. The molecule has 3 heterocycles. The van der Waals surface area contributed by atoms with E-state index >= 15 is 0 Å². The average molecular weight is 275 g/mol. The van der Waals surface area contributed by atoms with Gasteiger partial charge in [0.05, 0.1) is 6.61 Å². The molecule has 1 aliphatic rings. The SMILES string of the molecule is Cc1cc(N(CCO)CC2CCCN2)n2ncnc2c1. The van der Waals surface area contributed by atoms with Gasteiger partial charge in [-0.15, -0.1) is 0 Å². The number of hydrogen-bond donors (Lipinski definition) is 2. The molecule has 2 N–H and O–H groups in total. The van der Waals surface area contributed by atoms with Gasteiger partial charge < -0.3 is 15.3 Å². The van der Waals surface area contributed by atoms with Crippen molar-refractivity contribution in [2.24, 2.45) is 0 Å². The largest absolute Gasteiger partial charge is 0.395 e. The molecule has 0 aromatic carbocycles. The van der Waals surface area contributed by atoms with Gasteiger partial charge in [-0.25, -0.2) is 4.98 Å². The van der Waals surface area contributed by atoms with Gasteiger partial charge in [-0.1, -0.05) is 0 Å². The highest BCUT2D eigenvalue weighted by molar-refractivity contribution is 5.53. The summed E-state index contributed by atoms with van der Waals surface area (Å²) < 4.78 is 1.84. The lowest BCUT2D eigenvalue weighted by atomic mass is 10.2. The van der Waals surface area contributed by atoms with Crippen molar-refractivity contribution in [2.45, 2.75) is 25.8 Å². The number of nitrogens with one attached hydrogen (secondary N) is 1. The number of aliphatic hydroxyl groups is 1. The maximum atomic E-state index is 9.36. The van der Waals surface area contributed by atoms with Crippen molar-refractivity contribution in [2.75, 3.05) is 31.1 Å². The summed E-state index contributed by atoms with van der Waals surface area (Å²) in [4.78, 5) is 6.45. The van der Waals surface area contributed by atoms with E-state index in [2.05, 4.69) is 33.3 Å². The smallest absolute Gasteiger partial charge is 0.157 e. The van der Waals surface area contributed by atoms with Gasteiger partial charge in [0.2, 0.25) is 0 Å². The number of pyridine rings is 1. The van der Waals surface area contributed by atoms with E-state index in [1.54, 1.807) is 6.33 Å². The van der Waals surface area contributed by atoms with Crippen molar-refractivity contribution >= 4 is 11.5 Å². The second kappa shape index (κ2) is 5.76. The Labute approximate surface area is 118 Å². The fourth-order valence-electron chi connectivity index (χ4n) is 2.86. The zero-order valence-electron chi connectivity index (χ0n) is 11.8. The van der Waals surface area contributed by atoms with Crippen LogP contribution in [0.25, 0.3) is 5.65 Å². The summed E-state index contributed by atoms with van der Waals surface area (Å²) in [5, 5.41) is 17.2. The van der Waals surface area contributed by atoms with E-state index in [1.165, 1.54) is 12.8 Å². The minimum Gasteiger partial charge on any atom is -0.395 e. The van der Waals surface area contributed by atoms with E-state index in [4.69, 9.17) is 0 Å². The van der Waals surface area contributed by atoms with Crippen LogP contribution in [0.2, 0.25) is 0 Å². The number of nitrogens with zero attached hydrogens (tertiary/aromatic N) is 4. The van der Waals surface area contributed by atoms with Gasteiger partial charge in [-0.05, 0) is 44.0 Å². The molecule has 2 aromatic rings. The lowest BCUT2D eigenvalue weighted by Crippen LogP contribution is -2.40. The van der Waals surface area contributed by atoms with Crippen molar-refractivity contribution in [1.82, 2.24) is 19.9 Å². The van der Waals surface area contributed by atoms with Gasteiger partial charge in [-0.2, -0.15) is 9.61 Å². The molecule has 2 aromatic heterocycles. The molecule has 0 amide bonds. The van der Waals surface area contributed by atoms with Crippen LogP contribution in [0.4, 0.5) is 5.82 Å². The zero-order valence-corrected chi connectivity index (χ0v) is 11.8. The van der Waals surface area contributed by atoms with Crippen LogP contribution in [-0.4, -0.2) is 52.0 Å². The van der Waals surface area contributed by atoms with Crippen molar-refractivity contribution in [1.29, 1.82) is 0 Å². The lowest BCUT2D eigenvalue weighted by molar-refractivity contribution is 0.300. The normalized spacial score (nSPS) is 18.8. The first-order chi connectivity index (χ1) is 9.78. The standard InChI is InChI=1S/C14H21N5O/c1-11-7-13-16-10-17-19(13)14(8-11)18(5-6-20)9-12-3-2-4-15-12/h7-8,10,12,15,20H,2-6,9H2,1H3. The summed E-state index contributed by atoms with van der Waals surface area (Å²) in [6.45, 7) is 4.78. The zero-order chi connectivity index (χ0) is 13.9. The number of rotatable bonds is 5. The van der Waals surface area contributed by atoms with Gasteiger partial charge in [-0.3, -0.25) is 0 Å². The van der Waals surface area contributed by atoms with Gasteiger partial charge in [0.25, 0.3) is 0 Å². The Morgan fingerprint density at radius 3 is 3.15 bits per heavy atom. The van der Waals surface area contributed by atoms with Crippen LogP contribution in [0.5, 0.6) is 0 Å². The van der Waals surface area contributed by atoms with Gasteiger partial charge in [0.1, 0.15) is 12.1 Å². The maximum Gasteiger partial charge on any atom is 0.157 e. The molecule has 0 radical (unpaired) electrons. The predicted molar refractivity (Wildman–Crippen MR) is 78.0 cm³/mol. The Morgan fingerprint density at radius 2 is 2.40 bits per heavy atom. The van der Waals surface area contributed by atoms with Gasteiger partial charge in [0.15, 0.2) is 5.65 Å². The summed E-state index contributed by atoms with van der Waals surface area (Å²) >= 11 is 0. The summed E-state index contributed by atoms with van der Waals surface area (Å²) in [7, 11) is 0. The molecule has 1 aliphatic heterocycles. The van der Waals surface area contributed by atoms with Crippen LogP contribution in [0.3, 0.4) is 0 Å². The fourth-order valence-corrected chi connectivity index (χ4v) is 2.86. The van der Waals surface area contributed by atoms with Crippen LogP contribution in [0.1, 0.15) is 18.4 Å². The Hall–Kier alpha value is -1.66. The van der Waals surface area contributed by atoms with Crippen molar-refractivity contribution in [3.8, 4) is 0 Å². The molecule has 1 saturated heterocycles. The third-order valence-electron chi connectivity index (χ3n) is 3.80. The quantitative estimate of drug-likeness (QED) is 0.836. The molecule has 20 heavy (non-hydrogen) atoms. The molecule has 6 heteroatoms. The second-order valence-corrected chi connectivity index (χ2v) is 5.38. The molecule has 0 aliphatic carbocycles. The minimum atomic E-state index is 0.136. The van der Waals surface area contributed by atoms with Crippen LogP contribution in [0, 0.1) is 6.92 Å². The minimum absolute atomic E-state index is 0.136. The van der Waals surface area contributed by atoms with E-state index in [0.717, 1.165) is 30.1 Å². The Morgan fingerprint density at radius 1 is 1.50 bits per heavy atom. The third kappa shape index (κ3) is 2.62. The summed E-state index contributed by atoms with van der Waals surface area (Å²) in [6.07, 6.45) is 3.99. The number of aromatic nitrogens is 3. The average Bonchev–Trinajstić information content (AvgIpc) is 3.07. The number of hydrogen-bond acceptors (Lipinski definition) is 5. The van der Waals surface area contributed by atoms with E-state index < -0.39 is 0 Å². The maximum absolute atomic E-state index is 9.36. The first-order valence-corrected chi connectivity index (χ1v) is 7.17. The van der Waals surface area contributed by atoms with Crippen LogP contribution in [0.15, 0.2) is 18.5 Å². The summed E-state index contributed by atoms with van der Waals surface area (Å²) in [6, 6.07) is 4.61. The number of aliphatic hydroxyl groups excluding tert-OH is 1. The van der Waals surface area contributed by atoms with Crippen LogP contribution in [-0.2, 0) is 0 Å². The van der Waals surface area contributed by atoms with E-state index in [0.29, 0.717) is 12.6 Å². The van der Waals surface area contributed by atoms with E-state index in [1.807, 2.05) is 10.6 Å². The molecule has 1 fully saturated rings. The number of anilines is 1. The molecule has 0 bridgehead atoms. The molecule has 0 spiro atoms. The first-order valence-electron chi connectivity index (χ1n) is 7.17. The Balaban J connectivity index is 1.93. The van der Waals surface area contributed by atoms with Crippen molar-refractivity contribution in [3.05, 3.63) is 24.0 Å². The Bertz CT molecular complexity index is 576. The summed E-state index contributed by atoms with van der Waals surface area (Å²) in [5.41, 5.74) is 2.00. The van der Waals surface area contributed by atoms with Crippen LogP contribution < -0.4 is 10.2 Å². The van der Waals surface area contributed by atoms with Gasteiger partial charge in [0, 0.05) is 19.1 Å². The fraction of sp³-hybridized carbons (Fsp3) is 0.571. The van der Waals surface area contributed by atoms with E-state index in [-0.39, 0.29) is 6.61 Å². The highest BCUT2D eigenvalue weighted by Gasteiger charge is 2.20. The first kappa shape index (κ1) is 13.3. The van der Waals surface area contributed by atoms with Gasteiger partial charge >= 0.3 is 0 Å². The van der Waals surface area contributed by atoms with Crippen molar-refractivity contribution in [3.63, 3.8) is 0 Å². The van der Waals surface area contributed by atoms with Crippen molar-refractivity contribution < 1.29 is 5.11 Å². The highest BCUT2D eigenvalue weighted by Crippen LogP contribution is 2.19. The molecular formula is C14H21N5O. The highest BCUT2D eigenvalue weighted by atomic mass is 16.3.